The van der Waals surface area contributed by atoms with E-state index in [1.54, 1.807) is 12.1 Å². The van der Waals surface area contributed by atoms with Crippen LogP contribution in [-0.2, 0) is 33.3 Å². The minimum atomic E-state index is -3.74. The number of halogens is 2. The number of rotatable bonds is 6. The fourth-order valence-corrected chi connectivity index (χ4v) is 3.24. The van der Waals surface area contributed by atoms with Crippen molar-refractivity contribution in [1.29, 1.82) is 0 Å². The molecule has 0 saturated heterocycles. The molecule has 1 heterocycles. The van der Waals surface area contributed by atoms with Crippen molar-refractivity contribution >= 4 is 21.7 Å². The summed E-state index contributed by atoms with van der Waals surface area (Å²) in [7, 11) is -3.74. The third-order valence-electron chi connectivity index (χ3n) is 3.24. The molecular formula is C15H17F2NO3S2. The number of hydrogen-bond donors (Lipinski definition) is 0. The smallest absolute Gasteiger partial charge is 0.265 e. The van der Waals surface area contributed by atoms with Gasteiger partial charge in [0.2, 0.25) is 0 Å². The van der Waals surface area contributed by atoms with E-state index >= 15 is 0 Å². The molecule has 1 aromatic heterocycles. The first kappa shape index (κ1) is 18.0. The van der Waals surface area contributed by atoms with E-state index < -0.39 is 22.6 Å². The van der Waals surface area contributed by atoms with Gasteiger partial charge in [-0.25, -0.2) is 8.78 Å². The van der Waals surface area contributed by atoms with E-state index in [1.165, 1.54) is 0 Å². The van der Waals surface area contributed by atoms with Crippen molar-refractivity contribution in [2.24, 2.45) is 0 Å². The van der Waals surface area contributed by atoms with Gasteiger partial charge < -0.3 is 0 Å². The normalized spacial score (nSPS) is 12.6. The second kappa shape index (κ2) is 6.62. The van der Waals surface area contributed by atoms with Gasteiger partial charge in [-0.1, -0.05) is 31.2 Å². The fourth-order valence-electron chi connectivity index (χ4n) is 2.08. The molecule has 0 fully saturated rings. The van der Waals surface area contributed by atoms with Crippen LogP contribution in [0.1, 0.15) is 29.9 Å². The Morgan fingerprint density at radius 2 is 1.87 bits per heavy atom. The molecular weight excluding hydrogens is 344 g/mol. The van der Waals surface area contributed by atoms with E-state index in [9.17, 15) is 17.2 Å². The molecule has 0 aliphatic carbocycles. The highest BCUT2D eigenvalue weighted by Crippen LogP contribution is 2.39. The predicted octanol–water partition coefficient (Wildman–Crippen LogP) is 3.96. The Hall–Kier alpha value is -1.38. The van der Waals surface area contributed by atoms with Gasteiger partial charge in [0, 0.05) is 18.1 Å². The Bertz CT molecular complexity index is 778. The summed E-state index contributed by atoms with van der Waals surface area (Å²) >= 11 is 0.664. The zero-order valence-corrected chi connectivity index (χ0v) is 14.6. The number of benzene rings is 1. The summed E-state index contributed by atoms with van der Waals surface area (Å²) in [5.41, 5.74) is 2.20. The summed E-state index contributed by atoms with van der Waals surface area (Å²) in [4.78, 5) is -0.282. The van der Waals surface area contributed by atoms with Crippen LogP contribution < -0.4 is 0 Å². The Morgan fingerprint density at radius 3 is 2.35 bits per heavy atom. The monoisotopic (exact) mass is 361 g/mol. The molecule has 23 heavy (non-hydrogen) atoms. The quantitative estimate of drug-likeness (QED) is 0.731. The van der Waals surface area contributed by atoms with Crippen molar-refractivity contribution in [3.05, 3.63) is 40.3 Å². The van der Waals surface area contributed by atoms with Gasteiger partial charge in [-0.15, -0.1) is 0 Å². The van der Waals surface area contributed by atoms with E-state index in [0.717, 1.165) is 25.2 Å². The molecule has 0 N–H and O–H groups in total. The van der Waals surface area contributed by atoms with E-state index in [2.05, 4.69) is 4.37 Å². The molecule has 2 aromatic rings. The molecule has 0 bridgehead atoms. The summed E-state index contributed by atoms with van der Waals surface area (Å²) in [6.07, 6.45) is 1.74. The summed E-state index contributed by atoms with van der Waals surface area (Å²) < 4.78 is 58.7. The average molecular weight is 361 g/mol. The Labute approximate surface area is 138 Å². The van der Waals surface area contributed by atoms with E-state index in [-0.39, 0.29) is 10.4 Å². The van der Waals surface area contributed by atoms with Gasteiger partial charge in [-0.2, -0.15) is 12.8 Å². The molecule has 126 valence electrons. The molecule has 8 heteroatoms. The van der Waals surface area contributed by atoms with Gasteiger partial charge in [0.05, 0.1) is 23.4 Å². The van der Waals surface area contributed by atoms with Gasteiger partial charge in [0.25, 0.3) is 16.0 Å². The summed E-state index contributed by atoms with van der Waals surface area (Å²) in [5.74, 6) is -3.12. The molecule has 2 rings (SSSR count). The van der Waals surface area contributed by atoms with Crippen molar-refractivity contribution in [1.82, 2.24) is 4.37 Å². The van der Waals surface area contributed by atoms with Crippen LogP contribution in [0.4, 0.5) is 8.78 Å². The van der Waals surface area contributed by atoms with Gasteiger partial charge in [0.15, 0.2) is 0 Å². The minimum Gasteiger partial charge on any atom is -0.265 e. The molecule has 0 aliphatic heterocycles. The van der Waals surface area contributed by atoms with Crippen molar-refractivity contribution in [2.75, 3.05) is 6.26 Å². The summed E-state index contributed by atoms with van der Waals surface area (Å²) in [6.45, 7) is 2.31. The maximum Gasteiger partial charge on any atom is 0.281 e. The zero-order valence-electron chi connectivity index (χ0n) is 13.0. The molecule has 1 aromatic carbocycles. The van der Waals surface area contributed by atoms with Crippen LogP contribution in [-0.4, -0.2) is 19.0 Å². The lowest BCUT2D eigenvalue weighted by atomic mass is 10.0. The number of aromatic nitrogens is 1. The number of nitrogens with zero attached hydrogens (tertiary/aromatic N) is 1. The van der Waals surface area contributed by atoms with Gasteiger partial charge >= 0.3 is 0 Å². The molecule has 0 spiro atoms. The van der Waals surface area contributed by atoms with Crippen LogP contribution in [0, 0.1) is 0 Å². The lowest BCUT2D eigenvalue weighted by Gasteiger charge is -2.11. The molecule has 0 unspecified atom stereocenters. The highest BCUT2D eigenvalue weighted by molar-refractivity contribution is 7.85. The van der Waals surface area contributed by atoms with Gasteiger partial charge in [-0.3, -0.25) is 4.18 Å². The maximum absolute atomic E-state index is 13.7. The lowest BCUT2D eigenvalue weighted by Crippen LogP contribution is -2.10. The predicted molar refractivity (Wildman–Crippen MR) is 86.1 cm³/mol. The third kappa shape index (κ3) is 4.55. The zero-order chi connectivity index (χ0) is 17.3. The number of aryl methyl sites for hydroxylation is 1. The Kier molecular flexibility index (Phi) is 5.17. The second-order valence-corrected chi connectivity index (χ2v) is 7.66. The van der Waals surface area contributed by atoms with Crippen LogP contribution in [0.2, 0.25) is 0 Å². The number of alkyl halides is 2. The molecule has 4 nitrogen and oxygen atoms in total. The highest BCUT2D eigenvalue weighted by atomic mass is 32.2. The average Bonchev–Trinajstić information content (AvgIpc) is 2.88. The van der Waals surface area contributed by atoms with Crippen LogP contribution in [0.5, 0.6) is 0 Å². The standard InChI is InChI=1S/C15H17F2NO3S2/c1-4-10-5-7-11(8-6-10)13-12(9-21-23(3,19)20)14(22-18-13)15(2,16)17/h5-8H,4,9H2,1-3H3. The number of hydrogen-bond acceptors (Lipinski definition) is 5. The van der Waals surface area contributed by atoms with E-state index in [4.69, 9.17) is 4.18 Å². The molecule has 0 radical (unpaired) electrons. The lowest BCUT2D eigenvalue weighted by molar-refractivity contribution is 0.0198. The van der Waals surface area contributed by atoms with Crippen LogP contribution in [0.25, 0.3) is 11.3 Å². The van der Waals surface area contributed by atoms with Crippen molar-refractivity contribution in [3.63, 3.8) is 0 Å². The van der Waals surface area contributed by atoms with E-state index in [0.29, 0.717) is 22.8 Å². The van der Waals surface area contributed by atoms with Crippen molar-refractivity contribution in [2.45, 2.75) is 32.8 Å². The SMILES string of the molecule is CCc1ccc(-c2nsc(C(C)(F)F)c2COS(C)(=O)=O)cc1. The van der Waals surface area contributed by atoms with Crippen LogP contribution >= 0.6 is 11.5 Å². The van der Waals surface area contributed by atoms with Crippen LogP contribution in [0.3, 0.4) is 0 Å². The molecule has 0 atom stereocenters. The largest absolute Gasteiger partial charge is 0.281 e. The first-order valence-electron chi connectivity index (χ1n) is 6.92. The topological polar surface area (TPSA) is 56.3 Å². The molecule has 0 aliphatic rings. The Morgan fingerprint density at radius 1 is 1.26 bits per heavy atom. The summed E-state index contributed by atoms with van der Waals surface area (Å²) in [5, 5.41) is 0. The van der Waals surface area contributed by atoms with Gasteiger partial charge in [-0.05, 0) is 23.5 Å². The molecule has 0 amide bonds. The van der Waals surface area contributed by atoms with Gasteiger partial charge in [0.1, 0.15) is 0 Å². The van der Waals surface area contributed by atoms with Crippen LogP contribution in [0.15, 0.2) is 24.3 Å². The van der Waals surface area contributed by atoms with Crippen molar-refractivity contribution in [3.8, 4) is 11.3 Å². The summed E-state index contributed by atoms with van der Waals surface area (Å²) in [6, 6.07) is 7.35. The minimum absolute atomic E-state index is 0.108. The molecule has 0 saturated carbocycles. The second-order valence-electron chi connectivity index (χ2n) is 5.24. The first-order chi connectivity index (χ1) is 10.6. The highest BCUT2D eigenvalue weighted by Gasteiger charge is 2.33. The van der Waals surface area contributed by atoms with E-state index in [1.807, 2.05) is 19.1 Å². The van der Waals surface area contributed by atoms with Crippen molar-refractivity contribution < 1.29 is 21.4 Å². The maximum atomic E-state index is 13.7. The fraction of sp³-hybridized carbons (Fsp3) is 0.400. The first-order valence-corrected chi connectivity index (χ1v) is 9.51. The third-order valence-corrected chi connectivity index (χ3v) is 4.85. The Balaban J connectivity index is 2.47.